The van der Waals surface area contributed by atoms with Crippen molar-refractivity contribution in [3.05, 3.63) is 0 Å². The van der Waals surface area contributed by atoms with Gasteiger partial charge in [-0.05, 0) is 32.1 Å². The van der Waals surface area contributed by atoms with Gasteiger partial charge in [0.05, 0.1) is 12.2 Å². The molecule has 1 atom stereocenters. The first-order chi connectivity index (χ1) is 5.31. The second-order valence-corrected chi connectivity index (χ2v) is 4.25. The van der Waals surface area contributed by atoms with Crippen LogP contribution in [0.3, 0.4) is 0 Å². The lowest BCUT2D eigenvalue weighted by Crippen LogP contribution is -2.47. The average molecular weight is 154 g/mol. The zero-order chi connectivity index (χ0) is 7.73. The minimum Gasteiger partial charge on any atom is -0.375 e. The summed E-state index contributed by atoms with van der Waals surface area (Å²) in [4.78, 5) is 0. The molecular formula is C10H18O. The third-order valence-electron chi connectivity index (χ3n) is 3.50. The molecule has 1 aliphatic carbocycles. The monoisotopic (exact) mass is 154 g/mol. The van der Waals surface area contributed by atoms with Gasteiger partial charge in [0.15, 0.2) is 0 Å². The molecule has 1 aliphatic heterocycles. The van der Waals surface area contributed by atoms with E-state index in [1.807, 2.05) is 0 Å². The highest BCUT2D eigenvalue weighted by atomic mass is 16.5. The van der Waals surface area contributed by atoms with Crippen LogP contribution in [-0.2, 0) is 4.74 Å². The Morgan fingerprint density at radius 3 is 2.27 bits per heavy atom. The van der Waals surface area contributed by atoms with E-state index in [0.29, 0.717) is 5.60 Å². The minimum absolute atomic E-state index is 0.292. The molecular weight excluding hydrogens is 136 g/mol. The van der Waals surface area contributed by atoms with Gasteiger partial charge in [-0.3, -0.25) is 0 Å². The third-order valence-corrected chi connectivity index (χ3v) is 3.50. The van der Waals surface area contributed by atoms with Gasteiger partial charge < -0.3 is 4.74 Å². The molecule has 0 bridgehead atoms. The van der Waals surface area contributed by atoms with Crippen LogP contribution < -0.4 is 0 Å². The standard InChI is InChI=1S/C10H18O/c1-10(7-8-11-10)9-5-3-2-4-6-9/h9H,2-8H2,1H3/t10-/m1/s1. The molecule has 1 saturated heterocycles. The summed E-state index contributed by atoms with van der Waals surface area (Å²) in [5.41, 5.74) is 0.292. The van der Waals surface area contributed by atoms with E-state index in [1.54, 1.807) is 0 Å². The van der Waals surface area contributed by atoms with Crippen LogP contribution in [0.2, 0.25) is 0 Å². The number of hydrogen-bond donors (Lipinski definition) is 0. The smallest absolute Gasteiger partial charge is 0.0704 e. The van der Waals surface area contributed by atoms with Crippen LogP contribution in [0.1, 0.15) is 45.4 Å². The Hall–Kier alpha value is -0.0400. The highest BCUT2D eigenvalue weighted by Gasteiger charge is 2.40. The topological polar surface area (TPSA) is 9.23 Å². The average Bonchev–Trinajstić information content (AvgIpc) is 2.02. The summed E-state index contributed by atoms with van der Waals surface area (Å²) >= 11 is 0. The Labute approximate surface area is 69.1 Å². The summed E-state index contributed by atoms with van der Waals surface area (Å²) < 4.78 is 5.66. The van der Waals surface area contributed by atoms with E-state index in [9.17, 15) is 0 Å². The fraction of sp³-hybridized carbons (Fsp3) is 1.00. The third kappa shape index (κ3) is 1.31. The van der Waals surface area contributed by atoms with Crippen LogP contribution in [0.5, 0.6) is 0 Å². The van der Waals surface area contributed by atoms with E-state index in [0.717, 1.165) is 12.5 Å². The lowest BCUT2D eigenvalue weighted by Gasteiger charge is -2.46. The number of hydrogen-bond acceptors (Lipinski definition) is 1. The SMILES string of the molecule is C[C@]1(C2CCCCC2)CCO1. The first kappa shape index (κ1) is 7.60. The normalized spacial score (nSPS) is 40.1. The van der Waals surface area contributed by atoms with E-state index in [4.69, 9.17) is 4.74 Å². The van der Waals surface area contributed by atoms with Gasteiger partial charge in [0.1, 0.15) is 0 Å². The summed E-state index contributed by atoms with van der Waals surface area (Å²) in [6.45, 7) is 3.31. The maximum Gasteiger partial charge on any atom is 0.0704 e. The zero-order valence-corrected chi connectivity index (χ0v) is 7.44. The Balaban J connectivity index is 1.91. The molecule has 1 nitrogen and oxygen atoms in total. The van der Waals surface area contributed by atoms with Crippen LogP contribution in [0.15, 0.2) is 0 Å². The lowest BCUT2D eigenvalue weighted by molar-refractivity contribution is -0.174. The lowest BCUT2D eigenvalue weighted by atomic mass is 9.74. The molecule has 0 unspecified atom stereocenters. The molecule has 0 aromatic carbocycles. The van der Waals surface area contributed by atoms with E-state index in [2.05, 4.69) is 6.92 Å². The van der Waals surface area contributed by atoms with Crippen molar-refractivity contribution in [3.63, 3.8) is 0 Å². The van der Waals surface area contributed by atoms with Gasteiger partial charge in [0.25, 0.3) is 0 Å². The molecule has 0 spiro atoms. The largest absolute Gasteiger partial charge is 0.375 e. The molecule has 1 saturated carbocycles. The summed E-state index contributed by atoms with van der Waals surface area (Å²) in [6.07, 6.45) is 8.45. The summed E-state index contributed by atoms with van der Waals surface area (Å²) in [7, 11) is 0. The molecule has 0 aromatic rings. The Kier molecular flexibility index (Phi) is 1.92. The quantitative estimate of drug-likeness (QED) is 0.564. The van der Waals surface area contributed by atoms with Crippen molar-refractivity contribution in [2.45, 2.75) is 51.0 Å². The molecule has 0 aromatic heterocycles. The van der Waals surface area contributed by atoms with Crippen LogP contribution in [0.25, 0.3) is 0 Å². The van der Waals surface area contributed by atoms with Gasteiger partial charge in [-0.2, -0.15) is 0 Å². The highest BCUT2D eigenvalue weighted by Crippen LogP contribution is 2.41. The van der Waals surface area contributed by atoms with Gasteiger partial charge in [-0.1, -0.05) is 19.3 Å². The van der Waals surface area contributed by atoms with E-state index >= 15 is 0 Å². The van der Waals surface area contributed by atoms with E-state index < -0.39 is 0 Å². The van der Waals surface area contributed by atoms with E-state index in [1.165, 1.54) is 38.5 Å². The minimum atomic E-state index is 0.292. The zero-order valence-electron chi connectivity index (χ0n) is 7.44. The molecule has 1 heterocycles. The molecule has 2 aliphatic rings. The number of ether oxygens (including phenoxy) is 1. The Morgan fingerprint density at radius 1 is 1.18 bits per heavy atom. The van der Waals surface area contributed by atoms with Crippen molar-refractivity contribution in [2.24, 2.45) is 5.92 Å². The first-order valence-electron chi connectivity index (χ1n) is 4.95. The maximum absolute atomic E-state index is 5.66. The second-order valence-electron chi connectivity index (χ2n) is 4.25. The molecule has 2 fully saturated rings. The molecule has 0 N–H and O–H groups in total. The van der Waals surface area contributed by atoms with Crippen molar-refractivity contribution in [2.75, 3.05) is 6.61 Å². The Bertz CT molecular complexity index is 132. The summed E-state index contributed by atoms with van der Waals surface area (Å²) in [5, 5.41) is 0. The summed E-state index contributed by atoms with van der Waals surface area (Å²) in [5.74, 6) is 0.880. The highest BCUT2D eigenvalue weighted by molar-refractivity contribution is 4.90. The van der Waals surface area contributed by atoms with Gasteiger partial charge in [0, 0.05) is 0 Å². The molecule has 0 amide bonds. The Morgan fingerprint density at radius 2 is 1.82 bits per heavy atom. The molecule has 0 radical (unpaired) electrons. The van der Waals surface area contributed by atoms with Crippen LogP contribution >= 0.6 is 0 Å². The summed E-state index contributed by atoms with van der Waals surface area (Å²) in [6, 6.07) is 0. The molecule has 11 heavy (non-hydrogen) atoms. The van der Waals surface area contributed by atoms with Crippen LogP contribution in [-0.4, -0.2) is 12.2 Å². The molecule has 2 rings (SSSR count). The predicted molar refractivity (Wildman–Crippen MR) is 45.5 cm³/mol. The first-order valence-corrected chi connectivity index (χ1v) is 4.95. The second kappa shape index (κ2) is 2.78. The maximum atomic E-state index is 5.66. The predicted octanol–water partition coefficient (Wildman–Crippen LogP) is 2.75. The molecule has 64 valence electrons. The van der Waals surface area contributed by atoms with Crippen molar-refractivity contribution in [3.8, 4) is 0 Å². The van der Waals surface area contributed by atoms with Gasteiger partial charge in [-0.15, -0.1) is 0 Å². The van der Waals surface area contributed by atoms with Gasteiger partial charge in [0.2, 0.25) is 0 Å². The van der Waals surface area contributed by atoms with Crippen molar-refractivity contribution in [1.82, 2.24) is 0 Å². The van der Waals surface area contributed by atoms with Gasteiger partial charge in [-0.25, -0.2) is 0 Å². The van der Waals surface area contributed by atoms with Crippen LogP contribution in [0, 0.1) is 5.92 Å². The van der Waals surface area contributed by atoms with Crippen LogP contribution in [0.4, 0.5) is 0 Å². The van der Waals surface area contributed by atoms with Crippen molar-refractivity contribution < 1.29 is 4.74 Å². The fourth-order valence-electron chi connectivity index (χ4n) is 2.46. The fourth-order valence-corrected chi connectivity index (χ4v) is 2.46. The molecule has 1 heteroatoms. The number of rotatable bonds is 1. The van der Waals surface area contributed by atoms with E-state index in [-0.39, 0.29) is 0 Å². The van der Waals surface area contributed by atoms with Gasteiger partial charge >= 0.3 is 0 Å². The van der Waals surface area contributed by atoms with Crippen molar-refractivity contribution >= 4 is 0 Å². The van der Waals surface area contributed by atoms with Crippen molar-refractivity contribution in [1.29, 1.82) is 0 Å².